The summed E-state index contributed by atoms with van der Waals surface area (Å²) in [5, 5.41) is 4.26. The average Bonchev–Trinajstić information content (AvgIpc) is 3.40. The lowest BCUT2D eigenvalue weighted by Gasteiger charge is -2.34. The van der Waals surface area contributed by atoms with Crippen LogP contribution in [0.4, 0.5) is 0 Å². The molecular formula is C23H25N3O3S. The molecule has 0 radical (unpaired) electrons. The number of nitrogens with one attached hydrogen (secondary N) is 1. The van der Waals surface area contributed by atoms with E-state index in [1.54, 1.807) is 11.3 Å². The molecule has 1 aromatic heterocycles. The number of fused-ring (bicyclic) bond motifs is 2. The SMILES string of the molecule is C[C@@H](NC(=O)CN1CCCC[C@@H]1c1nc2ccccc2s1)c1ccc2c(c1)OCO2. The van der Waals surface area contributed by atoms with Gasteiger partial charge in [0.05, 0.1) is 28.8 Å². The van der Waals surface area contributed by atoms with Gasteiger partial charge in [0, 0.05) is 0 Å². The molecule has 2 aliphatic heterocycles. The van der Waals surface area contributed by atoms with Crippen LogP contribution in [0.1, 0.15) is 48.8 Å². The van der Waals surface area contributed by atoms with Crippen LogP contribution in [0.25, 0.3) is 10.2 Å². The highest BCUT2D eigenvalue weighted by atomic mass is 32.1. The fourth-order valence-electron chi connectivity index (χ4n) is 4.23. The van der Waals surface area contributed by atoms with E-state index in [9.17, 15) is 4.79 Å². The Hall–Kier alpha value is -2.64. The second kappa shape index (κ2) is 8.24. The van der Waals surface area contributed by atoms with Gasteiger partial charge in [0.2, 0.25) is 12.7 Å². The van der Waals surface area contributed by atoms with Crippen LogP contribution in [0.2, 0.25) is 0 Å². The van der Waals surface area contributed by atoms with E-state index in [-0.39, 0.29) is 24.8 Å². The lowest BCUT2D eigenvalue weighted by atomic mass is 10.0. The first-order valence-corrected chi connectivity index (χ1v) is 11.3. The van der Waals surface area contributed by atoms with Crippen molar-refractivity contribution in [2.24, 2.45) is 0 Å². The number of carbonyl (C=O) groups excluding carboxylic acids is 1. The molecule has 3 heterocycles. The third-order valence-electron chi connectivity index (χ3n) is 5.83. The second-order valence-corrected chi connectivity index (χ2v) is 8.97. The summed E-state index contributed by atoms with van der Waals surface area (Å²) in [6.45, 7) is 3.56. The number of hydrogen-bond donors (Lipinski definition) is 1. The molecule has 1 amide bonds. The molecule has 2 atom stereocenters. The van der Waals surface area contributed by atoms with Crippen molar-refractivity contribution in [2.75, 3.05) is 19.9 Å². The molecule has 0 unspecified atom stereocenters. The molecule has 6 nitrogen and oxygen atoms in total. The number of ether oxygens (including phenoxy) is 2. The molecule has 1 fully saturated rings. The summed E-state index contributed by atoms with van der Waals surface area (Å²) in [5.41, 5.74) is 2.05. The number of thiazole rings is 1. The molecule has 5 rings (SSSR count). The smallest absolute Gasteiger partial charge is 0.234 e. The van der Waals surface area contributed by atoms with Crippen molar-refractivity contribution in [2.45, 2.75) is 38.3 Å². The van der Waals surface area contributed by atoms with E-state index in [2.05, 4.69) is 22.3 Å². The van der Waals surface area contributed by atoms with Crippen LogP contribution in [0, 0.1) is 0 Å². The van der Waals surface area contributed by atoms with Gasteiger partial charge in [-0.25, -0.2) is 4.98 Å². The quantitative estimate of drug-likeness (QED) is 0.658. The predicted molar refractivity (Wildman–Crippen MR) is 117 cm³/mol. The Kier molecular flexibility index (Phi) is 5.31. The number of nitrogens with zero attached hydrogens (tertiary/aromatic N) is 2. The van der Waals surface area contributed by atoms with Crippen LogP contribution in [0.15, 0.2) is 42.5 Å². The molecule has 2 aliphatic rings. The van der Waals surface area contributed by atoms with Gasteiger partial charge in [0.1, 0.15) is 5.01 Å². The second-order valence-electron chi connectivity index (χ2n) is 7.90. The molecule has 0 saturated carbocycles. The molecule has 0 bridgehead atoms. The number of para-hydroxylation sites is 1. The van der Waals surface area contributed by atoms with Crippen LogP contribution in [0.3, 0.4) is 0 Å². The normalized spacial score (nSPS) is 19.7. The number of likely N-dealkylation sites (tertiary alicyclic amines) is 1. The Morgan fingerprint density at radius 3 is 3.00 bits per heavy atom. The topological polar surface area (TPSA) is 63.7 Å². The van der Waals surface area contributed by atoms with E-state index in [0.717, 1.165) is 47.0 Å². The van der Waals surface area contributed by atoms with Gasteiger partial charge in [0.15, 0.2) is 11.5 Å². The lowest BCUT2D eigenvalue weighted by Crippen LogP contribution is -2.42. The van der Waals surface area contributed by atoms with Crippen LogP contribution in [-0.2, 0) is 4.79 Å². The molecule has 7 heteroatoms. The van der Waals surface area contributed by atoms with Crippen molar-refractivity contribution in [1.29, 1.82) is 0 Å². The molecule has 2 aromatic carbocycles. The van der Waals surface area contributed by atoms with Gasteiger partial charge < -0.3 is 14.8 Å². The Labute approximate surface area is 179 Å². The van der Waals surface area contributed by atoms with Gasteiger partial charge in [-0.1, -0.05) is 24.6 Å². The molecule has 3 aromatic rings. The van der Waals surface area contributed by atoms with Crippen molar-refractivity contribution in [3.05, 3.63) is 53.0 Å². The van der Waals surface area contributed by atoms with E-state index in [1.165, 1.54) is 11.1 Å². The Morgan fingerprint density at radius 2 is 2.10 bits per heavy atom. The molecule has 0 spiro atoms. The van der Waals surface area contributed by atoms with Crippen molar-refractivity contribution in [3.63, 3.8) is 0 Å². The van der Waals surface area contributed by atoms with Gasteiger partial charge in [0.25, 0.3) is 0 Å². The standard InChI is InChI=1S/C23H25N3O3S/c1-15(16-9-10-19-20(12-16)29-14-28-19)24-22(27)13-26-11-5-4-7-18(26)23-25-17-6-2-3-8-21(17)30-23/h2-3,6,8-10,12,15,18H,4-5,7,11,13-14H2,1H3,(H,24,27)/t15-,18-/m1/s1. The maximum absolute atomic E-state index is 12.9. The van der Waals surface area contributed by atoms with E-state index in [0.29, 0.717) is 6.54 Å². The molecular weight excluding hydrogens is 398 g/mol. The van der Waals surface area contributed by atoms with Crippen molar-refractivity contribution in [1.82, 2.24) is 15.2 Å². The van der Waals surface area contributed by atoms with Gasteiger partial charge >= 0.3 is 0 Å². The van der Waals surface area contributed by atoms with Crippen LogP contribution in [-0.4, -0.2) is 35.7 Å². The third kappa shape index (κ3) is 3.87. The zero-order valence-corrected chi connectivity index (χ0v) is 17.8. The zero-order valence-electron chi connectivity index (χ0n) is 17.0. The van der Waals surface area contributed by atoms with Gasteiger partial charge in [-0.05, 0) is 56.1 Å². The van der Waals surface area contributed by atoms with Gasteiger partial charge in [-0.2, -0.15) is 0 Å². The van der Waals surface area contributed by atoms with Crippen molar-refractivity contribution < 1.29 is 14.3 Å². The predicted octanol–water partition coefficient (Wildman–Crippen LogP) is 4.43. The average molecular weight is 424 g/mol. The van der Waals surface area contributed by atoms with E-state index in [1.807, 2.05) is 37.3 Å². The van der Waals surface area contributed by atoms with Crippen molar-refractivity contribution >= 4 is 27.5 Å². The summed E-state index contributed by atoms with van der Waals surface area (Å²) < 4.78 is 12.0. The van der Waals surface area contributed by atoms with Gasteiger partial charge in [-0.3, -0.25) is 9.69 Å². The minimum Gasteiger partial charge on any atom is -0.454 e. The molecule has 0 aliphatic carbocycles. The van der Waals surface area contributed by atoms with E-state index < -0.39 is 0 Å². The maximum Gasteiger partial charge on any atom is 0.234 e. The first-order chi connectivity index (χ1) is 14.7. The zero-order chi connectivity index (χ0) is 20.5. The third-order valence-corrected chi connectivity index (χ3v) is 6.97. The number of carbonyl (C=O) groups is 1. The summed E-state index contributed by atoms with van der Waals surface area (Å²) in [7, 11) is 0. The summed E-state index contributed by atoms with van der Waals surface area (Å²) in [6.07, 6.45) is 3.34. The maximum atomic E-state index is 12.9. The number of benzene rings is 2. The van der Waals surface area contributed by atoms with Crippen LogP contribution < -0.4 is 14.8 Å². The highest BCUT2D eigenvalue weighted by Crippen LogP contribution is 2.36. The molecule has 1 N–H and O–H groups in total. The Bertz CT molecular complexity index is 1030. The van der Waals surface area contributed by atoms with E-state index in [4.69, 9.17) is 14.5 Å². The van der Waals surface area contributed by atoms with Gasteiger partial charge in [-0.15, -0.1) is 11.3 Å². The summed E-state index contributed by atoms with van der Waals surface area (Å²) in [6, 6.07) is 14.2. The minimum atomic E-state index is -0.0994. The first kappa shape index (κ1) is 19.3. The number of amides is 1. The molecule has 30 heavy (non-hydrogen) atoms. The number of rotatable bonds is 5. The number of hydrogen-bond acceptors (Lipinski definition) is 6. The number of piperidine rings is 1. The molecule has 156 valence electrons. The van der Waals surface area contributed by atoms with Crippen LogP contribution in [0.5, 0.6) is 11.5 Å². The van der Waals surface area contributed by atoms with E-state index >= 15 is 0 Å². The summed E-state index contributed by atoms with van der Waals surface area (Å²) in [5.74, 6) is 1.53. The first-order valence-electron chi connectivity index (χ1n) is 10.5. The monoisotopic (exact) mass is 423 g/mol. The highest BCUT2D eigenvalue weighted by Gasteiger charge is 2.28. The Balaban J connectivity index is 1.26. The van der Waals surface area contributed by atoms with Crippen molar-refractivity contribution in [3.8, 4) is 11.5 Å². The largest absolute Gasteiger partial charge is 0.454 e. The summed E-state index contributed by atoms with van der Waals surface area (Å²) in [4.78, 5) is 20.0. The number of aromatic nitrogens is 1. The highest BCUT2D eigenvalue weighted by molar-refractivity contribution is 7.18. The Morgan fingerprint density at radius 1 is 1.23 bits per heavy atom. The van der Waals surface area contributed by atoms with Crippen LogP contribution >= 0.6 is 11.3 Å². The summed E-state index contributed by atoms with van der Waals surface area (Å²) >= 11 is 1.75. The fraction of sp³-hybridized carbons (Fsp3) is 0.391. The minimum absolute atomic E-state index is 0.0353. The fourth-order valence-corrected chi connectivity index (χ4v) is 5.37. The lowest BCUT2D eigenvalue weighted by molar-refractivity contribution is -0.123. The molecule has 1 saturated heterocycles.